The van der Waals surface area contributed by atoms with Gasteiger partial charge in [-0.25, -0.2) is 4.39 Å². The molecule has 2 N–H and O–H groups in total. The van der Waals surface area contributed by atoms with Crippen LogP contribution in [0.25, 0.3) is 0 Å². The second kappa shape index (κ2) is 7.14. The molecule has 0 aliphatic heterocycles. The molecule has 0 saturated carbocycles. The maximum absolute atomic E-state index is 15.7. The summed E-state index contributed by atoms with van der Waals surface area (Å²) in [6.45, 7) is 1.89. The zero-order chi connectivity index (χ0) is 18.9. The summed E-state index contributed by atoms with van der Waals surface area (Å²) in [6.07, 6.45) is 1.90. The second-order valence-electron chi connectivity index (χ2n) is 6.50. The van der Waals surface area contributed by atoms with Crippen molar-refractivity contribution >= 4 is 29.1 Å². The van der Waals surface area contributed by atoms with Gasteiger partial charge in [0.2, 0.25) is 5.67 Å². The number of hydrogen-bond acceptors (Lipinski definition) is 3. The lowest BCUT2D eigenvalue weighted by Crippen LogP contribution is -2.47. The lowest BCUT2D eigenvalue weighted by Gasteiger charge is -2.39. The van der Waals surface area contributed by atoms with E-state index in [1.54, 1.807) is 24.3 Å². The predicted molar refractivity (Wildman–Crippen MR) is 98.8 cm³/mol. The Hall–Kier alpha value is -1.69. The summed E-state index contributed by atoms with van der Waals surface area (Å²) in [4.78, 5) is 16.8. The molecule has 1 amide bonds. The van der Waals surface area contributed by atoms with Crippen LogP contribution in [0.4, 0.5) is 4.39 Å². The highest BCUT2D eigenvalue weighted by molar-refractivity contribution is 6.35. The van der Waals surface area contributed by atoms with Crippen LogP contribution in [0.2, 0.25) is 10.0 Å². The molecule has 1 heterocycles. The molecule has 2 atom stereocenters. The minimum atomic E-state index is -2.25. The summed E-state index contributed by atoms with van der Waals surface area (Å²) in [5.41, 5.74) is -2.47. The first-order valence-electron chi connectivity index (χ1n) is 8.39. The number of aromatic nitrogens is 1. The number of nitrogens with one attached hydrogen (secondary N) is 1. The third-order valence-electron chi connectivity index (χ3n) is 4.96. The van der Waals surface area contributed by atoms with E-state index in [9.17, 15) is 9.90 Å². The molecule has 26 heavy (non-hydrogen) atoms. The van der Waals surface area contributed by atoms with Crippen LogP contribution in [0.1, 0.15) is 43.0 Å². The van der Waals surface area contributed by atoms with Crippen LogP contribution >= 0.6 is 23.2 Å². The first-order valence-corrected chi connectivity index (χ1v) is 9.15. The highest BCUT2D eigenvalue weighted by Crippen LogP contribution is 2.46. The van der Waals surface area contributed by atoms with Gasteiger partial charge >= 0.3 is 0 Å². The number of fused-ring (bicyclic) bond motifs is 1. The van der Waals surface area contributed by atoms with E-state index in [1.165, 1.54) is 12.3 Å². The molecule has 0 unspecified atom stereocenters. The van der Waals surface area contributed by atoms with E-state index < -0.39 is 17.2 Å². The Morgan fingerprint density at radius 1 is 1.35 bits per heavy atom. The van der Waals surface area contributed by atoms with Crippen LogP contribution < -0.4 is 5.32 Å². The van der Waals surface area contributed by atoms with Crippen molar-refractivity contribution in [2.24, 2.45) is 0 Å². The minimum Gasteiger partial charge on any atom is -0.384 e. The Balaban J connectivity index is 1.85. The average Bonchev–Trinajstić information content (AvgIpc) is 2.64. The quantitative estimate of drug-likeness (QED) is 0.811. The number of benzene rings is 1. The number of hydrogen-bond donors (Lipinski definition) is 2. The summed E-state index contributed by atoms with van der Waals surface area (Å²) in [5.74, 6) is -0.768. The molecule has 0 fully saturated rings. The van der Waals surface area contributed by atoms with Gasteiger partial charge in [0.25, 0.3) is 5.91 Å². The molecule has 138 valence electrons. The zero-order valence-corrected chi connectivity index (χ0v) is 15.7. The van der Waals surface area contributed by atoms with Crippen LogP contribution in [-0.2, 0) is 22.6 Å². The van der Waals surface area contributed by atoms with Gasteiger partial charge in [-0.1, -0.05) is 42.3 Å². The van der Waals surface area contributed by atoms with Gasteiger partial charge in [0.15, 0.2) is 0 Å². The summed E-state index contributed by atoms with van der Waals surface area (Å²) < 4.78 is 15.7. The van der Waals surface area contributed by atoms with Gasteiger partial charge in [0, 0.05) is 28.4 Å². The molecule has 0 saturated heterocycles. The molecule has 0 spiro atoms. The number of halogens is 3. The van der Waals surface area contributed by atoms with Crippen LogP contribution in [0, 0.1) is 0 Å². The van der Waals surface area contributed by atoms with Crippen molar-refractivity contribution in [3.05, 3.63) is 63.4 Å². The molecule has 0 bridgehead atoms. The Morgan fingerprint density at radius 3 is 2.81 bits per heavy atom. The fourth-order valence-electron chi connectivity index (χ4n) is 3.29. The maximum Gasteiger partial charge on any atom is 0.262 e. The lowest BCUT2D eigenvalue weighted by molar-refractivity contribution is -0.137. The number of alkyl halides is 1. The highest BCUT2D eigenvalue weighted by atomic mass is 35.5. The number of amides is 1. The normalized spacial score (nSPS) is 24.8. The molecule has 1 aliphatic carbocycles. The van der Waals surface area contributed by atoms with Crippen LogP contribution in [0.5, 0.6) is 0 Å². The zero-order valence-electron chi connectivity index (χ0n) is 14.2. The number of nitrogens with zero attached hydrogens (tertiary/aromatic N) is 1. The minimum absolute atomic E-state index is 0.0775. The van der Waals surface area contributed by atoms with E-state index in [4.69, 9.17) is 23.2 Å². The van der Waals surface area contributed by atoms with Gasteiger partial charge in [-0.15, -0.1) is 0 Å². The van der Waals surface area contributed by atoms with E-state index in [1.807, 2.05) is 6.92 Å². The Labute approximate surface area is 161 Å². The molecule has 3 rings (SSSR count). The summed E-state index contributed by atoms with van der Waals surface area (Å²) in [5, 5.41) is 14.2. The Morgan fingerprint density at radius 2 is 2.12 bits per heavy atom. The van der Waals surface area contributed by atoms with Crippen molar-refractivity contribution in [3.8, 4) is 0 Å². The number of carbonyl (C=O) groups excluding carboxylic acids is 1. The van der Waals surface area contributed by atoms with Gasteiger partial charge in [0.05, 0.1) is 5.69 Å². The Kier molecular flexibility index (Phi) is 5.24. The molecule has 4 nitrogen and oxygen atoms in total. The summed E-state index contributed by atoms with van der Waals surface area (Å²) in [7, 11) is 0. The summed E-state index contributed by atoms with van der Waals surface area (Å²) >= 11 is 12.0. The van der Waals surface area contributed by atoms with Crippen molar-refractivity contribution in [2.45, 2.75) is 44.0 Å². The van der Waals surface area contributed by atoms with Crippen molar-refractivity contribution in [1.82, 2.24) is 10.3 Å². The van der Waals surface area contributed by atoms with Crippen molar-refractivity contribution in [1.29, 1.82) is 0 Å². The van der Waals surface area contributed by atoms with Crippen molar-refractivity contribution in [3.63, 3.8) is 0 Å². The van der Waals surface area contributed by atoms with Crippen LogP contribution in [0.3, 0.4) is 0 Å². The number of rotatable bonds is 4. The number of carbonyl (C=O) groups is 1. The third-order valence-corrected chi connectivity index (χ3v) is 5.54. The molecule has 0 radical (unpaired) electrons. The van der Waals surface area contributed by atoms with E-state index >= 15 is 4.39 Å². The highest BCUT2D eigenvalue weighted by Gasteiger charge is 2.51. The standard InChI is InChI=1S/C19H19Cl2FN2O2/c1-2-18(26)7-8-19(22,14-4-3-9-23-16(14)18)17(25)24-11-12-5-6-13(20)10-15(12)21/h3-6,9-10,26H,2,7-8,11H2,1H3,(H,24,25)/t18-,19+/m1/s1. The molecule has 2 aromatic rings. The first kappa shape index (κ1) is 19.1. The smallest absolute Gasteiger partial charge is 0.262 e. The molecular weight excluding hydrogens is 378 g/mol. The van der Waals surface area contributed by atoms with Crippen LogP contribution in [-0.4, -0.2) is 16.0 Å². The Bertz CT molecular complexity index is 848. The largest absolute Gasteiger partial charge is 0.384 e. The predicted octanol–water partition coefficient (Wildman–Crippen LogP) is 4.26. The molecule has 1 aromatic carbocycles. The fraction of sp³-hybridized carbons (Fsp3) is 0.368. The molecule has 7 heteroatoms. The van der Waals surface area contributed by atoms with Gasteiger partial charge in [-0.3, -0.25) is 9.78 Å². The topological polar surface area (TPSA) is 62.2 Å². The maximum atomic E-state index is 15.7. The van der Waals surface area contributed by atoms with Gasteiger partial charge in [0.1, 0.15) is 5.60 Å². The lowest BCUT2D eigenvalue weighted by atomic mass is 9.73. The molecular formula is C19H19Cl2FN2O2. The SMILES string of the molecule is CC[C@@]1(O)CC[C@@](F)(C(=O)NCc2ccc(Cl)cc2Cl)c2cccnc21. The van der Waals surface area contributed by atoms with E-state index in [2.05, 4.69) is 10.3 Å². The number of aliphatic hydroxyl groups is 1. The molecule has 1 aromatic heterocycles. The van der Waals surface area contributed by atoms with E-state index in [0.717, 1.165) is 0 Å². The van der Waals surface area contributed by atoms with Gasteiger partial charge < -0.3 is 10.4 Å². The van der Waals surface area contributed by atoms with Gasteiger partial charge in [-0.2, -0.15) is 0 Å². The van der Waals surface area contributed by atoms with Gasteiger partial charge in [-0.05, 0) is 43.0 Å². The van der Waals surface area contributed by atoms with Crippen molar-refractivity contribution in [2.75, 3.05) is 0 Å². The monoisotopic (exact) mass is 396 g/mol. The van der Waals surface area contributed by atoms with Crippen LogP contribution in [0.15, 0.2) is 36.5 Å². The van der Waals surface area contributed by atoms with E-state index in [-0.39, 0.29) is 30.6 Å². The second-order valence-corrected chi connectivity index (χ2v) is 7.35. The first-order chi connectivity index (χ1) is 12.3. The molecule has 1 aliphatic rings. The van der Waals surface area contributed by atoms with E-state index in [0.29, 0.717) is 22.0 Å². The third kappa shape index (κ3) is 3.31. The number of pyridine rings is 1. The summed E-state index contributed by atoms with van der Waals surface area (Å²) in [6, 6.07) is 7.98. The fourth-order valence-corrected chi connectivity index (χ4v) is 3.76. The van der Waals surface area contributed by atoms with Crippen molar-refractivity contribution < 1.29 is 14.3 Å². The average molecular weight is 397 g/mol.